The molecule has 1 heterocycles. The molecular weight excluding hydrogens is 404 g/mol. The van der Waals surface area contributed by atoms with E-state index >= 15 is 0 Å². The lowest BCUT2D eigenvalue weighted by Crippen LogP contribution is -2.46. The summed E-state index contributed by atoms with van der Waals surface area (Å²) in [6.07, 6.45) is 3.11. The minimum absolute atomic E-state index is 0.403. The van der Waals surface area contributed by atoms with E-state index in [1.807, 2.05) is 41.9 Å². The number of nitrogens with one attached hydrogen (secondary N) is 2. The molecule has 1 aromatic heterocycles. The van der Waals surface area contributed by atoms with Crippen LogP contribution in [0.2, 0.25) is 0 Å². The molecule has 30 heavy (non-hydrogen) atoms. The summed E-state index contributed by atoms with van der Waals surface area (Å²) in [5.74, 6) is -1.16. The van der Waals surface area contributed by atoms with E-state index in [0.29, 0.717) is 5.56 Å². The van der Waals surface area contributed by atoms with Crippen LogP contribution in [0.25, 0.3) is 17.0 Å². The molecule has 156 valence electrons. The van der Waals surface area contributed by atoms with Crippen molar-refractivity contribution in [2.24, 2.45) is 7.05 Å². The Morgan fingerprint density at radius 2 is 1.70 bits per heavy atom. The first-order chi connectivity index (χ1) is 14.3. The number of carbonyl (C=O) groups is 2. The molecule has 0 bridgehead atoms. The second-order valence-electron chi connectivity index (χ2n) is 6.69. The van der Waals surface area contributed by atoms with Crippen molar-refractivity contribution < 1.29 is 18.0 Å². The highest BCUT2D eigenvalue weighted by molar-refractivity contribution is 7.92. The van der Waals surface area contributed by atoms with Gasteiger partial charge >= 0.3 is 0 Å². The molecule has 0 atom stereocenters. The van der Waals surface area contributed by atoms with Crippen LogP contribution >= 0.6 is 0 Å². The maximum atomic E-state index is 12.4. The first kappa shape index (κ1) is 21.3. The van der Waals surface area contributed by atoms with Crippen LogP contribution in [-0.4, -0.2) is 42.7 Å². The molecule has 0 radical (unpaired) electrons. The van der Waals surface area contributed by atoms with Crippen molar-refractivity contribution in [1.29, 1.82) is 0 Å². The topological polar surface area (TPSA) is 101 Å². The van der Waals surface area contributed by atoms with E-state index in [1.54, 1.807) is 30.5 Å². The molecule has 0 saturated carbocycles. The Bertz CT molecular complexity index is 1200. The number of rotatable bonds is 6. The van der Waals surface area contributed by atoms with E-state index < -0.39 is 28.4 Å². The number of hydrogen-bond donors (Lipinski definition) is 2. The number of aryl methyl sites for hydroxylation is 1. The van der Waals surface area contributed by atoms with Gasteiger partial charge in [-0.05, 0) is 17.7 Å². The fraction of sp³-hybridized carbons (Fsp3) is 0.143. The number of sulfonamides is 1. The average molecular weight is 426 g/mol. The molecule has 2 N–H and O–H groups in total. The number of fused-ring (bicyclic) bond motifs is 1. The summed E-state index contributed by atoms with van der Waals surface area (Å²) in [7, 11) is -0.685. The van der Waals surface area contributed by atoms with Gasteiger partial charge in [0.2, 0.25) is 10.0 Å². The summed E-state index contributed by atoms with van der Waals surface area (Å²) in [4.78, 5) is 24.6. The predicted molar refractivity (Wildman–Crippen MR) is 116 cm³/mol. The number of hydrazine groups is 1. The van der Waals surface area contributed by atoms with Crippen molar-refractivity contribution in [3.8, 4) is 0 Å². The van der Waals surface area contributed by atoms with Gasteiger partial charge in [0, 0.05) is 36.6 Å². The third-order valence-corrected chi connectivity index (χ3v) is 5.97. The quantitative estimate of drug-likeness (QED) is 0.588. The zero-order valence-electron chi connectivity index (χ0n) is 16.6. The highest BCUT2D eigenvalue weighted by Crippen LogP contribution is 2.19. The van der Waals surface area contributed by atoms with Crippen LogP contribution in [0.3, 0.4) is 0 Å². The lowest BCUT2D eigenvalue weighted by atomic mass is 10.2. The van der Waals surface area contributed by atoms with E-state index in [0.717, 1.165) is 26.2 Å². The van der Waals surface area contributed by atoms with Gasteiger partial charge in [0.15, 0.2) is 0 Å². The standard InChI is InChI=1S/C21H22N4O4S/c1-24-14-18(17-10-6-7-11-19(17)24)21(27)23-22-20(26)15-25(2)30(28,29)13-12-16-8-4-3-5-9-16/h3-14H,15H2,1-2H3,(H,22,26)(H,23,27). The minimum atomic E-state index is -3.79. The number of hydrogen-bond acceptors (Lipinski definition) is 4. The van der Waals surface area contributed by atoms with Gasteiger partial charge < -0.3 is 4.57 Å². The smallest absolute Gasteiger partial charge is 0.271 e. The first-order valence-electron chi connectivity index (χ1n) is 9.10. The van der Waals surface area contributed by atoms with Gasteiger partial charge in [0.05, 0.1) is 12.1 Å². The second kappa shape index (κ2) is 8.93. The van der Waals surface area contributed by atoms with Crippen molar-refractivity contribution in [2.45, 2.75) is 0 Å². The Kier molecular flexibility index (Phi) is 6.34. The summed E-state index contributed by atoms with van der Waals surface area (Å²) in [6, 6.07) is 16.3. The van der Waals surface area contributed by atoms with Gasteiger partial charge in [-0.15, -0.1) is 0 Å². The third-order valence-electron chi connectivity index (χ3n) is 4.49. The van der Waals surface area contributed by atoms with E-state index in [4.69, 9.17) is 0 Å². The van der Waals surface area contributed by atoms with Gasteiger partial charge in [-0.2, -0.15) is 4.31 Å². The predicted octanol–water partition coefficient (Wildman–Crippen LogP) is 1.87. The number of amides is 2. The van der Waals surface area contributed by atoms with Crippen LogP contribution in [0.15, 0.2) is 66.2 Å². The SMILES string of the molecule is CN(CC(=O)NNC(=O)c1cn(C)c2ccccc12)S(=O)(=O)C=Cc1ccccc1. The second-order valence-corrected chi connectivity index (χ2v) is 8.61. The molecule has 0 aliphatic carbocycles. The van der Waals surface area contributed by atoms with E-state index in [9.17, 15) is 18.0 Å². The zero-order valence-corrected chi connectivity index (χ0v) is 17.4. The number of likely N-dealkylation sites (N-methyl/N-ethyl adjacent to an activating group) is 1. The molecule has 9 heteroatoms. The summed E-state index contributed by atoms with van der Waals surface area (Å²) in [5, 5.41) is 1.78. The van der Waals surface area contributed by atoms with Crippen molar-refractivity contribution in [3.63, 3.8) is 0 Å². The number of benzene rings is 2. The summed E-state index contributed by atoms with van der Waals surface area (Å²) >= 11 is 0. The van der Waals surface area contributed by atoms with E-state index in [2.05, 4.69) is 10.9 Å². The molecule has 0 saturated heterocycles. The van der Waals surface area contributed by atoms with E-state index in [-0.39, 0.29) is 0 Å². The number of para-hydroxylation sites is 1. The van der Waals surface area contributed by atoms with Crippen LogP contribution in [0.1, 0.15) is 15.9 Å². The zero-order chi connectivity index (χ0) is 21.7. The van der Waals surface area contributed by atoms with Crippen molar-refractivity contribution in [1.82, 2.24) is 19.7 Å². The van der Waals surface area contributed by atoms with Crippen LogP contribution in [0.5, 0.6) is 0 Å². The number of aromatic nitrogens is 1. The van der Waals surface area contributed by atoms with Crippen molar-refractivity contribution in [3.05, 3.63) is 77.3 Å². The lowest BCUT2D eigenvalue weighted by Gasteiger charge is -2.14. The molecule has 0 aliphatic heterocycles. The fourth-order valence-corrected chi connectivity index (χ4v) is 3.71. The summed E-state index contributed by atoms with van der Waals surface area (Å²) in [6.45, 7) is -0.447. The molecule has 0 aliphatic rings. The maximum absolute atomic E-state index is 12.4. The van der Waals surface area contributed by atoms with Crippen LogP contribution < -0.4 is 10.9 Å². The fourth-order valence-electron chi connectivity index (χ4n) is 2.88. The monoisotopic (exact) mass is 426 g/mol. The normalized spacial score (nSPS) is 11.8. The Hall–Kier alpha value is -3.43. The Morgan fingerprint density at radius 3 is 2.43 bits per heavy atom. The molecule has 2 amide bonds. The van der Waals surface area contributed by atoms with Gasteiger partial charge in [0.25, 0.3) is 11.8 Å². The van der Waals surface area contributed by atoms with Gasteiger partial charge in [-0.3, -0.25) is 20.4 Å². The number of carbonyl (C=O) groups excluding carboxylic acids is 2. The molecular formula is C21H22N4O4S. The Balaban J connectivity index is 1.58. The highest BCUT2D eigenvalue weighted by Gasteiger charge is 2.19. The molecule has 0 unspecified atom stereocenters. The largest absolute Gasteiger partial charge is 0.350 e. The Labute approximate surface area is 174 Å². The molecule has 3 aromatic rings. The van der Waals surface area contributed by atoms with Gasteiger partial charge in [-0.25, -0.2) is 8.42 Å². The average Bonchev–Trinajstić information content (AvgIpc) is 3.08. The molecule has 8 nitrogen and oxygen atoms in total. The van der Waals surface area contributed by atoms with Crippen LogP contribution in [-0.2, 0) is 21.9 Å². The van der Waals surface area contributed by atoms with Gasteiger partial charge in [-0.1, -0.05) is 48.5 Å². The summed E-state index contributed by atoms with van der Waals surface area (Å²) < 4.78 is 27.3. The maximum Gasteiger partial charge on any atom is 0.271 e. The Morgan fingerprint density at radius 1 is 1.03 bits per heavy atom. The van der Waals surface area contributed by atoms with Gasteiger partial charge in [0.1, 0.15) is 0 Å². The molecule has 0 spiro atoms. The van der Waals surface area contributed by atoms with Crippen molar-refractivity contribution >= 4 is 38.8 Å². The van der Waals surface area contributed by atoms with Crippen LogP contribution in [0, 0.1) is 0 Å². The van der Waals surface area contributed by atoms with E-state index in [1.165, 1.54) is 13.1 Å². The number of nitrogens with zero attached hydrogens (tertiary/aromatic N) is 2. The van der Waals surface area contributed by atoms with Crippen LogP contribution in [0.4, 0.5) is 0 Å². The highest BCUT2D eigenvalue weighted by atomic mass is 32.2. The first-order valence-corrected chi connectivity index (χ1v) is 10.6. The minimum Gasteiger partial charge on any atom is -0.350 e. The molecule has 0 fully saturated rings. The summed E-state index contributed by atoms with van der Waals surface area (Å²) in [5.41, 5.74) is 6.59. The third kappa shape index (κ3) is 4.94. The molecule has 3 rings (SSSR count). The van der Waals surface area contributed by atoms with Crippen molar-refractivity contribution in [2.75, 3.05) is 13.6 Å². The molecule has 2 aromatic carbocycles. The lowest BCUT2D eigenvalue weighted by molar-refractivity contribution is -0.121.